The van der Waals surface area contributed by atoms with E-state index in [4.69, 9.17) is 0 Å². The van der Waals surface area contributed by atoms with Gasteiger partial charge >= 0.3 is 6.03 Å². The number of nitrogens with zero attached hydrogens (tertiary/aromatic N) is 2. The Morgan fingerprint density at radius 1 is 1.04 bits per heavy atom. The molecule has 4 nitrogen and oxygen atoms in total. The molecule has 0 bridgehead atoms. The van der Waals surface area contributed by atoms with Gasteiger partial charge in [-0.2, -0.15) is 0 Å². The van der Waals surface area contributed by atoms with Crippen molar-refractivity contribution in [3.8, 4) is 0 Å². The van der Waals surface area contributed by atoms with Crippen LogP contribution in [0.5, 0.6) is 0 Å². The zero-order chi connectivity index (χ0) is 18.0. The second-order valence-electron chi connectivity index (χ2n) is 7.08. The first-order valence-corrected chi connectivity index (χ1v) is 8.90. The van der Waals surface area contributed by atoms with Gasteiger partial charge in [0.25, 0.3) is 0 Å². The van der Waals surface area contributed by atoms with E-state index in [1.165, 1.54) is 11.3 Å². The Bertz CT molecular complexity index is 771. The van der Waals surface area contributed by atoms with Crippen molar-refractivity contribution in [2.75, 3.05) is 29.9 Å². The van der Waals surface area contributed by atoms with Gasteiger partial charge in [0.05, 0.1) is 0 Å². The lowest BCUT2D eigenvalue weighted by Gasteiger charge is -2.41. The van der Waals surface area contributed by atoms with E-state index in [-0.39, 0.29) is 6.03 Å². The fourth-order valence-corrected chi connectivity index (χ4v) is 3.40. The summed E-state index contributed by atoms with van der Waals surface area (Å²) < 4.78 is 0. The van der Waals surface area contributed by atoms with Crippen molar-refractivity contribution in [1.29, 1.82) is 0 Å². The van der Waals surface area contributed by atoms with Crippen LogP contribution in [0.1, 0.15) is 23.6 Å². The van der Waals surface area contributed by atoms with Gasteiger partial charge in [-0.25, -0.2) is 4.79 Å². The maximum atomic E-state index is 12.7. The predicted molar refractivity (Wildman–Crippen MR) is 104 cm³/mol. The first-order valence-electron chi connectivity index (χ1n) is 8.90. The minimum absolute atomic E-state index is 0.00978. The van der Waals surface area contributed by atoms with Crippen LogP contribution in [0.15, 0.2) is 42.5 Å². The van der Waals surface area contributed by atoms with Crippen molar-refractivity contribution in [3.63, 3.8) is 0 Å². The highest BCUT2D eigenvalue weighted by atomic mass is 16.2. The van der Waals surface area contributed by atoms with Gasteiger partial charge in [0, 0.05) is 37.1 Å². The maximum absolute atomic E-state index is 12.7. The Balaban J connectivity index is 1.66. The zero-order valence-electron chi connectivity index (χ0n) is 15.5. The molecular weight excluding hydrogens is 310 g/mol. The van der Waals surface area contributed by atoms with Crippen molar-refractivity contribution >= 4 is 17.4 Å². The van der Waals surface area contributed by atoms with Gasteiger partial charge in [0.15, 0.2) is 0 Å². The SMILES string of the molecule is Cc1cccc(N2CCN(C(=O)Nc3cc(C)ccc3C)CC2C)c1. The summed E-state index contributed by atoms with van der Waals surface area (Å²) in [6, 6.07) is 15.0. The molecule has 1 N–H and O–H groups in total. The molecule has 1 aliphatic heterocycles. The number of hydrogen-bond acceptors (Lipinski definition) is 2. The Kier molecular flexibility index (Phi) is 4.98. The molecule has 3 rings (SSSR count). The van der Waals surface area contributed by atoms with Crippen LogP contribution in [-0.2, 0) is 0 Å². The summed E-state index contributed by atoms with van der Waals surface area (Å²) in [7, 11) is 0. The Labute approximate surface area is 150 Å². The van der Waals surface area contributed by atoms with E-state index in [1.807, 2.05) is 30.9 Å². The highest BCUT2D eigenvalue weighted by molar-refractivity contribution is 5.90. The van der Waals surface area contributed by atoms with Crippen molar-refractivity contribution in [2.45, 2.75) is 33.7 Å². The molecule has 0 spiro atoms. The molecule has 2 aromatic rings. The molecular formula is C21H27N3O. The van der Waals surface area contributed by atoms with Gasteiger partial charge in [-0.1, -0.05) is 24.3 Å². The van der Waals surface area contributed by atoms with Crippen molar-refractivity contribution in [2.24, 2.45) is 0 Å². The number of urea groups is 1. The number of carbonyl (C=O) groups is 1. The minimum atomic E-state index is -0.00978. The summed E-state index contributed by atoms with van der Waals surface area (Å²) in [5.41, 5.74) is 5.64. The number of benzene rings is 2. The molecule has 132 valence electrons. The highest BCUT2D eigenvalue weighted by Gasteiger charge is 2.27. The molecule has 1 aliphatic rings. The van der Waals surface area contributed by atoms with E-state index < -0.39 is 0 Å². The summed E-state index contributed by atoms with van der Waals surface area (Å²) >= 11 is 0. The summed E-state index contributed by atoms with van der Waals surface area (Å²) in [4.78, 5) is 17.0. The van der Waals surface area contributed by atoms with E-state index >= 15 is 0 Å². The molecule has 2 amide bonds. The van der Waals surface area contributed by atoms with Gasteiger partial charge in [-0.15, -0.1) is 0 Å². The standard InChI is InChI=1S/C21H27N3O/c1-15-6-5-7-19(12-15)24-11-10-23(14-18(24)4)21(25)22-20-13-16(2)8-9-17(20)3/h5-9,12-13,18H,10-11,14H2,1-4H3,(H,22,25). The van der Waals surface area contributed by atoms with Crippen LogP contribution in [0.4, 0.5) is 16.2 Å². The molecule has 1 heterocycles. The summed E-state index contributed by atoms with van der Waals surface area (Å²) in [6.07, 6.45) is 0. The topological polar surface area (TPSA) is 35.6 Å². The number of anilines is 2. The Hall–Kier alpha value is -2.49. The van der Waals surface area contributed by atoms with Gasteiger partial charge in [-0.3, -0.25) is 0 Å². The van der Waals surface area contributed by atoms with E-state index in [9.17, 15) is 4.79 Å². The number of piperazine rings is 1. The first-order chi connectivity index (χ1) is 11.9. The molecule has 0 saturated carbocycles. The third-order valence-electron chi connectivity index (χ3n) is 4.88. The number of amides is 2. The van der Waals surface area contributed by atoms with Crippen LogP contribution in [0.2, 0.25) is 0 Å². The van der Waals surface area contributed by atoms with Crippen LogP contribution in [0.25, 0.3) is 0 Å². The minimum Gasteiger partial charge on any atom is -0.365 e. The summed E-state index contributed by atoms with van der Waals surface area (Å²) in [6.45, 7) is 10.7. The molecule has 2 aromatic carbocycles. The number of hydrogen-bond donors (Lipinski definition) is 1. The van der Waals surface area contributed by atoms with Crippen molar-refractivity contribution in [3.05, 3.63) is 59.2 Å². The van der Waals surface area contributed by atoms with Crippen LogP contribution in [0, 0.1) is 20.8 Å². The lowest BCUT2D eigenvalue weighted by Crippen LogP contribution is -2.54. The van der Waals surface area contributed by atoms with Gasteiger partial charge < -0.3 is 15.1 Å². The van der Waals surface area contributed by atoms with E-state index in [1.54, 1.807) is 0 Å². The Morgan fingerprint density at radius 2 is 1.80 bits per heavy atom. The van der Waals surface area contributed by atoms with Crippen LogP contribution in [-0.4, -0.2) is 36.6 Å². The second-order valence-corrected chi connectivity index (χ2v) is 7.08. The van der Waals surface area contributed by atoms with Crippen LogP contribution < -0.4 is 10.2 Å². The Morgan fingerprint density at radius 3 is 2.52 bits per heavy atom. The number of carbonyl (C=O) groups excluding carboxylic acids is 1. The molecule has 1 unspecified atom stereocenters. The fourth-order valence-electron chi connectivity index (χ4n) is 3.40. The second kappa shape index (κ2) is 7.18. The van der Waals surface area contributed by atoms with E-state index in [2.05, 4.69) is 54.4 Å². The molecule has 25 heavy (non-hydrogen) atoms. The third-order valence-corrected chi connectivity index (χ3v) is 4.88. The largest absolute Gasteiger partial charge is 0.365 e. The predicted octanol–water partition coefficient (Wildman–Crippen LogP) is 4.35. The molecule has 4 heteroatoms. The van der Waals surface area contributed by atoms with Gasteiger partial charge in [0.2, 0.25) is 0 Å². The van der Waals surface area contributed by atoms with Crippen molar-refractivity contribution < 1.29 is 4.79 Å². The lowest BCUT2D eigenvalue weighted by molar-refractivity contribution is 0.200. The molecule has 0 radical (unpaired) electrons. The monoisotopic (exact) mass is 337 g/mol. The average molecular weight is 337 g/mol. The third kappa shape index (κ3) is 3.95. The van der Waals surface area contributed by atoms with Gasteiger partial charge in [-0.05, 0) is 62.6 Å². The number of rotatable bonds is 2. The van der Waals surface area contributed by atoms with E-state index in [0.717, 1.165) is 36.4 Å². The molecule has 1 atom stereocenters. The quantitative estimate of drug-likeness (QED) is 0.884. The molecule has 0 aliphatic carbocycles. The summed E-state index contributed by atoms with van der Waals surface area (Å²) in [5.74, 6) is 0. The lowest BCUT2D eigenvalue weighted by atomic mass is 10.1. The van der Waals surface area contributed by atoms with Crippen LogP contribution in [0.3, 0.4) is 0 Å². The molecule has 0 aromatic heterocycles. The average Bonchev–Trinajstić information content (AvgIpc) is 2.58. The molecule has 1 fully saturated rings. The fraction of sp³-hybridized carbons (Fsp3) is 0.381. The van der Waals surface area contributed by atoms with Crippen LogP contribution >= 0.6 is 0 Å². The van der Waals surface area contributed by atoms with E-state index in [0.29, 0.717) is 6.04 Å². The first kappa shape index (κ1) is 17.3. The van der Waals surface area contributed by atoms with Gasteiger partial charge in [0.1, 0.15) is 0 Å². The normalized spacial score (nSPS) is 17.5. The smallest absolute Gasteiger partial charge is 0.321 e. The highest BCUT2D eigenvalue weighted by Crippen LogP contribution is 2.23. The maximum Gasteiger partial charge on any atom is 0.321 e. The number of aryl methyl sites for hydroxylation is 3. The zero-order valence-corrected chi connectivity index (χ0v) is 15.5. The number of nitrogens with one attached hydrogen (secondary N) is 1. The summed E-state index contributed by atoms with van der Waals surface area (Å²) in [5, 5.41) is 3.07. The van der Waals surface area contributed by atoms with Crippen molar-refractivity contribution in [1.82, 2.24) is 4.90 Å². The molecule has 1 saturated heterocycles.